The van der Waals surface area contributed by atoms with E-state index in [-0.39, 0.29) is 5.91 Å². The number of carbonyl (C=O) groups is 2. The third-order valence-corrected chi connectivity index (χ3v) is 4.36. The fraction of sp³-hybridized carbons (Fsp3) is 0.250. The van der Waals surface area contributed by atoms with Crippen LogP contribution in [0.5, 0.6) is 0 Å². The van der Waals surface area contributed by atoms with Crippen molar-refractivity contribution < 1.29 is 14.3 Å². The Balaban J connectivity index is 1.70. The first-order valence-electron chi connectivity index (χ1n) is 6.80. The zero-order chi connectivity index (χ0) is 14.8. The summed E-state index contributed by atoms with van der Waals surface area (Å²) in [6.07, 6.45) is 0.0544. The third-order valence-electron chi connectivity index (χ3n) is 3.51. The van der Waals surface area contributed by atoms with Gasteiger partial charge in [0.15, 0.2) is 6.10 Å². The van der Waals surface area contributed by atoms with E-state index in [4.69, 9.17) is 4.74 Å². The Morgan fingerprint density at radius 2 is 2.05 bits per heavy atom. The summed E-state index contributed by atoms with van der Waals surface area (Å²) >= 11 is 1.31. The molecule has 0 radical (unpaired) electrons. The lowest BCUT2D eigenvalue weighted by molar-refractivity contribution is -0.126. The number of nitrogens with zero attached hydrogens (tertiary/aromatic N) is 1. The van der Waals surface area contributed by atoms with Crippen LogP contribution in [-0.4, -0.2) is 24.5 Å². The third kappa shape index (κ3) is 2.69. The van der Waals surface area contributed by atoms with Crippen molar-refractivity contribution in [2.45, 2.75) is 19.4 Å². The van der Waals surface area contributed by atoms with Crippen LogP contribution in [0.4, 0.5) is 5.69 Å². The molecule has 0 unspecified atom stereocenters. The molecule has 4 nitrogen and oxygen atoms in total. The molecule has 1 atom stereocenters. The molecule has 5 heteroatoms. The van der Waals surface area contributed by atoms with Crippen LogP contribution in [-0.2, 0) is 16.0 Å². The maximum atomic E-state index is 12.5. The van der Waals surface area contributed by atoms with Gasteiger partial charge in [-0.25, -0.2) is 4.79 Å². The van der Waals surface area contributed by atoms with Gasteiger partial charge in [-0.05, 0) is 36.4 Å². The highest BCUT2D eigenvalue weighted by atomic mass is 32.1. The minimum Gasteiger partial charge on any atom is -0.448 e. The number of hydrogen-bond acceptors (Lipinski definition) is 4. The number of esters is 1. The molecule has 21 heavy (non-hydrogen) atoms. The fourth-order valence-corrected chi connectivity index (χ4v) is 3.06. The molecule has 0 saturated carbocycles. The van der Waals surface area contributed by atoms with Crippen LogP contribution in [0, 0.1) is 0 Å². The van der Waals surface area contributed by atoms with E-state index < -0.39 is 12.1 Å². The second kappa shape index (κ2) is 5.69. The summed E-state index contributed by atoms with van der Waals surface area (Å²) in [5.74, 6) is -0.622. The van der Waals surface area contributed by atoms with Gasteiger partial charge in [0.2, 0.25) is 0 Å². The van der Waals surface area contributed by atoms with Gasteiger partial charge in [0.1, 0.15) is 4.88 Å². The van der Waals surface area contributed by atoms with Crippen molar-refractivity contribution >= 4 is 28.9 Å². The number of para-hydroxylation sites is 1. The quantitative estimate of drug-likeness (QED) is 0.819. The minimum atomic E-state index is -0.786. The number of benzene rings is 1. The summed E-state index contributed by atoms with van der Waals surface area (Å²) in [5.41, 5.74) is 2.07. The van der Waals surface area contributed by atoms with Crippen molar-refractivity contribution in [3.05, 3.63) is 52.2 Å². The standard InChI is InChI=1S/C16H15NO3S/c1-11(20-16(19)14-7-4-10-21-14)15(18)17-9-8-12-5-2-3-6-13(12)17/h2-7,10-11H,8-9H2,1H3/t11-/m0/s1. The summed E-state index contributed by atoms with van der Waals surface area (Å²) in [6, 6.07) is 11.3. The van der Waals surface area contributed by atoms with E-state index in [1.165, 1.54) is 11.3 Å². The number of thiophene rings is 1. The molecule has 0 bridgehead atoms. The van der Waals surface area contributed by atoms with E-state index >= 15 is 0 Å². The van der Waals surface area contributed by atoms with E-state index in [1.54, 1.807) is 29.3 Å². The highest BCUT2D eigenvalue weighted by Crippen LogP contribution is 2.28. The number of fused-ring (bicyclic) bond motifs is 1. The van der Waals surface area contributed by atoms with Crippen LogP contribution in [0.1, 0.15) is 22.2 Å². The Labute approximate surface area is 127 Å². The molecule has 1 aliphatic rings. The Hall–Kier alpha value is -2.14. The molecule has 0 aliphatic carbocycles. The van der Waals surface area contributed by atoms with Gasteiger partial charge < -0.3 is 9.64 Å². The van der Waals surface area contributed by atoms with Crippen molar-refractivity contribution in [2.75, 3.05) is 11.4 Å². The number of carbonyl (C=O) groups excluding carboxylic acids is 2. The molecule has 0 saturated heterocycles. The van der Waals surface area contributed by atoms with Crippen LogP contribution >= 0.6 is 11.3 Å². The van der Waals surface area contributed by atoms with Crippen LogP contribution < -0.4 is 4.90 Å². The van der Waals surface area contributed by atoms with Gasteiger partial charge >= 0.3 is 5.97 Å². The highest BCUT2D eigenvalue weighted by Gasteiger charge is 2.29. The van der Waals surface area contributed by atoms with Crippen LogP contribution in [0.2, 0.25) is 0 Å². The Kier molecular flexibility index (Phi) is 3.75. The Bertz CT molecular complexity index is 666. The molecule has 108 valence electrons. The monoisotopic (exact) mass is 301 g/mol. The fourth-order valence-electron chi connectivity index (χ4n) is 2.45. The smallest absolute Gasteiger partial charge is 0.349 e. The van der Waals surface area contributed by atoms with Crippen LogP contribution in [0.15, 0.2) is 41.8 Å². The van der Waals surface area contributed by atoms with Crippen LogP contribution in [0.3, 0.4) is 0 Å². The Morgan fingerprint density at radius 1 is 1.24 bits per heavy atom. The van der Waals surface area contributed by atoms with E-state index in [1.807, 2.05) is 24.3 Å². The van der Waals surface area contributed by atoms with Gasteiger partial charge in [0.05, 0.1) is 0 Å². The lowest BCUT2D eigenvalue weighted by Gasteiger charge is -2.21. The molecule has 2 aromatic rings. The van der Waals surface area contributed by atoms with Gasteiger partial charge in [-0.1, -0.05) is 24.3 Å². The predicted molar refractivity (Wildman–Crippen MR) is 81.7 cm³/mol. The summed E-state index contributed by atoms with van der Waals surface area (Å²) in [4.78, 5) is 26.6. The zero-order valence-corrected chi connectivity index (χ0v) is 12.4. The highest BCUT2D eigenvalue weighted by molar-refractivity contribution is 7.11. The van der Waals surface area contributed by atoms with Gasteiger partial charge in [-0.3, -0.25) is 4.79 Å². The topological polar surface area (TPSA) is 46.6 Å². The first-order valence-corrected chi connectivity index (χ1v) is 7.68. The zero-order valence-electron chi connectivity index (χ0n) is 11.6. The van der Waals surface area contributed by atoms with Gasteiger partial charge in [0.25, 0.3) is 5.91 Å². The first kappa shape index (κ1) is 13.8. The van der Waals surface area contributed by atoms with E-state index in [0.29, 0.717) is 11.4 Å². The normalized spacial score (nSPS) is 14.6. The van der Waals surface area contributed by atoms with Crippen molar-refractivity contribution in [2.24, 2.45) is 0 Å². The predicted octanol–water partition coefficient (Wildman–Crippen LogP) is 2.88. The number of hydrogen-bond donors (Lipinski definition) is 0. The van der Waals surface area contributed by atoms with Crippen molar-refractivity contribution in [3.8, 4) is 0 Å². The molecule has 1 aliphatic heterocycles. The van der Waals surface area contributed by atoms with Crippen molar-refractivity contribution in [1.29, 1.82) is 0 Å². The molecular weight excluding hydrogens is 286 g/mol. The number of rotatable bonds is 3. The molecule has 0 fully saturated rings. The Morgan fingerprint density at radius 3 is 2.81 bits per heavy atom. The van der Waals surface area contributed by atoms with Gasteiger partial charge in [-0.15, -0.1) is 11.3 Å². The summed E-state index contributed by atoms with van der Waals surface area (Å²) in [7, 11) is 0. The molecular formula is C16H15NO3S. The maximum Gasteiger partial charge on any atom is 0.349 e. The van der Waals surface area contributed by atoms with E-state index in [9.17, 15) is 9.59 Å². The van der Waals surface area contributed by atoms with E-state index in [2.05, 4.69) is 0 Å². The van der Waals surface area contributed by atoms with Crippen LogP contribution in [0.25, 0.3) is 0 Å². The molecule has 0 N–H and O–H groups in total. The van der Waals surface area contributed by atoms with Crippen molar-refractivity contribution in [3.63, 3.8) is 0 Å². The van der Waals surface area contributed by atoms with E-state index in [0.717, 1.165) is 17.7 Å². The van der Waals surface area contributed by atoms with Gasteiger partial charge in [-0.2, -0.15) is 0 Å². The summed E-state index contributed by atoms with van der Waals surface area (Å²) < 4.78 is 5.26. The van der Waals surface area contributed by atoms with Crippen molar-refractivity contribution in [1.82, 2.24) is 0 Å². The summed E-state index contributed by atoms with van der Waals surface area (Å²) in [6.45, 7) is 2.26. The molecule has 2 heterocycles. The largest absolute Gasteiger partial charge is 0.448 e. The average Bonchev–Trinajstić information content (AvgIpc) is 3.15. The minimum absolute atomic E-state index is 0.176. The molecule has 1 aromatic heterocycles. The lowest BCUT2D eigenvalue weighted by atomic mass is 10.2. The number of anilines is 1. The second-order valence-electron chi connectivity index (χ2n) is 4.89. The number of amides is 1. The molecule has 1 aromatic carbocycles. The SMILES string of the molecule is C[C@H](OC(=O)c1cccs1)C(=O)N1CCc2ccccc21. The molecule has 3 rings (SSSR count). The maximum absolute atomic E-state index is 12.5. The van der Waals surface area contributed by atoms with Gasteiger partial charge in [0, 0.05) is 12.2 Å². The lowest BCUT2D eigenvalue weighted by Crippen LogP contribution is -2.39. The average molecular weight is 301 g/mol. The first-order chi connectivity index (χ1) is 10.2. The molecule has 0 spiro atoms. The number of ether oxygens (including phenoxy) is 1. The summed E-state index contributed by atoms with van der Waals surface area (Å²) in [5, 5.41) is 1.81. The second-order valence-corrected chi connectivity index (χ2v) is 5.84. The molecule has 1 amide bonds.